The number of pyridine rings is 1. The van der Waals surface area contributed by atoms with Crippen molar-refractivity contribution < 1.29 is 17.6 Å². The van der Waals surface area contributed by atoms with Crippen LogP contribution in [0.1, 0.15) is 5.76 Å². The lowest BCUT2D eigenvalue weighted by Gasteiger charge is -2.20. The Labute approximate surface area is 171 Å². The first-order chi connectivity index (χ1) is 13.3. The van der Waals surface area contributed by atoms with Crippen molar-refractivity contribution in [3.63, 3.8) is 0 Å². The molecule has 146 valence electrons. The Morgan fingerprint density at radius 3 is 2.46 bits per heavy atom. The number of aromatic nitrogens is 1. The monoisotopic (exact) mass is 439 g/mol. The highest BCUT2D eigenvalue weighted by Gasteiger charge is 2.28. The van der Waals surface area contributed by atoms with Crippen LogP contribution in [0, 0.1) is 0 Å². The third kappa shape index (κ3) is 5.11. The second kappa shape index (κ2) is 8.74. The Kier molecular flexibility index (Phi) is 6.35. The molecule has 1 aromatic carbocycles. The van der Waals surface area contributed by atoms with E-state index >= 15 is 0 Å². The number of nitrogens with zero attached hydrogens (tertiary/aromatic N) is 2. The molecule has 0 aliphatic heterocycles. The van der Waals surface area contributed by atoms with E-state index in [2.05, 4.69) is 10.3 Å². The molecule has 0 atom stereocenters. The normalized spacial score (nSPS) is 11.5. The number of rotatable bonds is 7. The minimum Gasteiger partial charge on any atom is -0.468 e. The second-order valence-electron chi connectivity index (χ2n) is 5.72. The van der Waals surface area contributed by atoms with Gasteiger partial charge in [0.05, 0.1) is 19.4 Å². The van der Waals surface area contributed by atoms with E-state index in [-0.39, 0.29) is 16.6 Å². The van der Waals surface area contributed by atoms with Gasteiger partial charge in [0.1, 0.15) is 15.8 Å². The maximum Gasteiger partial charge on any atom is 0.245 e. The lowest BCUT2D eigenvalue weighted by Crippen LogP contribution is -2.37. The topological polar surface area (TPSA) is 92.5 Å². The minimum atomic E-state index is -4.02. The first kappa shape index (κ1) is 20.3. The third-order valence-corrected chi connectivity index (χ3v) is 5.95. The first-order valence-electron chi connectivity index (χ1n) is 8.04. The molecule has 0 unspecified atom stereocenters. The lowest BCUT2D eigenvalue weighted by atomic mass is 10.3. The van der Waals surface area contributed by atoms with Gasteiger partial charge < -0.3 is 9.73 Å². The Morgan fingerprint density at radius 2 is 1.86 bits per heavy atom. The van der Waals surface area contributed by atoms with E-state index in [4.69, 9.17) is 27.6 Å². The van der Waals surface area contributed by atoms with Crippen molar-refractivity contribution in [1.29, 1.82) is 0 Å². The largest absolute Gasteiger partial charge is 0.468 e. The summed E-state index contributed by atoms with van der Waals surface area (Å²) in [6.45, 7) is -0.541. The van der Waals surface area contributed by atoms with Crippen molar-refractivity contribution in [1.82, 2.24) is 9.29 Å². The van der Waals surface area contributed by atoms with Crippen LogP contribution in [0.4, 0.5) is 5.69 Å². The van der Waals surface area contributed by atoms with Gasteiger partial charge >= 0.3 is 0 Å². The summed E-state index contributed by atoms with van der Waals surface area (Å²) in [7, 11) is -4.02. The first-order valence-corrected chi connectivity index (χ1v) is 10.2. The number of nitrogens with one attached hydrogen (secondary N) is 1. The summed E-state index contributed by atoms with van der Waals surface area (Å²) in [6.07, 6.45) is 2.57. The number of sulfonamides is 1. The Hall–Kier alpha value is -2.39. The van der Waals surface area contributed by atoms with Crippen molar-refractivity contribution >= 4 is 44.8 Å². The molecule has 0 aliphatic carbocycles. The van der Waals surface area contributed by atoms with Crippen LogP contribution in [0.25, 0.3) is 0 Å². The molecule has 10 heteroatoms. The molecule has 0 aliphatic rings. The molecule has 7 nitrogen and oxygen atoms in total. The van der Waals surface area contributed by atoms with Gasteiger partial charge in [-0.2, -0.15) is 4.31 Å². The molecule has 0 spiro atoms. The number of furan rings is 1. The molecule has 0 fully saturated rings. The fourth-order valence-electron chi connectivity index (χ4n) is 2.36. The zero-order chi connectivity index (χ0) is 20.1. The zero-order valence-electron chi connectivity index (χ0n) is 14.4. The molecule has 3 aromatic rings. The molecule has 2 heterocycles. The van der Waals surface area contributed by atoms with Crippen molar-refractivity contribution in [2.24, 2.45) is 0 Å². The zero-order valence-corrected chi connectivity index (χ0v) is 16.7. The third-order valence-electron chi connectivity index (χ3n) is 3.70. The van der Waals surface area contributed by atoms with Crippen LogP contribution in [-0.2, 0) is 21.4 Å². The van der Waals surface area contributed by atoms with Crippen molar-refractivity contribution in [3.8, 4) is 0 Å². The number of halogens is 2. The second-order valence-corrected chi connectivity index (χ2v) is 8.49. The van der Waals surface area contributed by atoms with Crippen molar-refractivity contribution in [2.75, 3.05) is 11.9 Å². The van der Waals surface area contributed by atoms with Crippen LogP contribution in [0.15, 0.2) is 70.3 Å². The summed E-state index contributed by atoms with van der Waals surface area (Å²) in [5, 5.41) is 3.33. The lowest BCUT2D eigenvalue weighted by molar-refractivity contribution is -0.116. The smallest absolute Gasteiger partial charge is 0.245 e. The number of carbonyl (C=O) groups excluding carboxylic acids is 1. The van der Waals surface area contributed by atoms with E-state index < -0.39 is 22.5 Å². The van der Waals surface area contributed by atoms with E-state index in [9.17, 15) is 13.2 Å². The van der Waals surface area contributed by atoms with E-state index in [1.165, 1.54) is 18.4 Å². The Balaban J connectivity index is 1.83. The van der Waals surface area contributed by atoms with Gasteiger partial charge in [-0.1, -0.05) is 23.2 Å². The Morgan fingerprint density at radius 1 is 1.11 bits per heavy atom. The van der Waals surface area contributed by atoms with Crippen molar-refractivity contribution in [3.05, 3.63) is 76.9 Å². The summed E-state index contributed by atoms with van der Waals surface area (Å²) < 4.78 is 32.3. The van der Waals surface area contributed by atoms with Crippen LogP contribution >= 0.6 is 23.2 Å². The summed E-state index contributed by atoms with van der Waals surface area (Å²) in [4.78, 5) is 16.2. The number of amides is 1. The van der Waals surface area contributed by atoms with Crippen LogP contribution < -0.4 is 5.32 Å². The predicted octanol–water partition coefficient (Wildman–Crippen LogP) is 3.81. The van der Waals surface area contributed by atoms with Crippen LogP contribution in [-0.4, -0.2) is 30.2 Å². The van der Waals surface area contributed by atoms with Gasteiger partial charge in [-0.15, -0.1) is 0 Å². The average molecular weight is 440 g/mol. The van der Waals surface area contributed by atoms with Gasteiger partial charge in [0.15, 0.2) is 0 Å². The van der Waals surface area contributed by atoms with Gasteiger partial charge in [-0.25, -0.2) is 13.4 Å². The summed E-state index contributed by atoms with van der Waals surface area (Å²) in [5.41, 5.74) is 0.498. The van der Waals surface area contributed by atoms with Gasteiger partial charge in [0.2, 0.25) is 15.9 Å². The average Bonchev–Trinajstić information content (AvgIpc) is 3.17. The van der Waals surface area contributed by atoms with E-state index in [0.29, 0.717) is 16.5 Å². The number of hydrogen-bond acceptors (Lipinski definition) is 5. The number of benzene rings is 1. The predicted molar refractivity (Wildman–Crippen MR) is 106 cm³/mol. The van der Waals surface area contributed by atoms with Crippen LogP contribution in [0.5, 0.6) is 0 Å². The van der Waals surface area contributed by atoms with E-state index in [1.54, 1.807) is 36.4 Å². The highest BCUT2D eigenvalue weighted by atomic mass is 35.5. The molecule has 0 saturated carbocycles. The molecule has 0 saturated heterocycles. The molecular formula is C18H15Cl2N3O4S. The van der Waals surface area contributed by atoms with E-state index in [0.717, 1.165) is 10.5 Å². The minimum absolute atomic E-state index is 0.0808. The highest BCUT2D eigenvalue weighted by molar-refractivity contribution is 7.89. The van der Waals surface area contributed by atoms with Crippen LogP contribution in [0.3, 0.4) is 0 Å². The Bertz CT molecular complexity index is 1040. The van der Waals surface area contributed by atoms with Crippen LogP contribution in [0.2, 0.25) is 10.2 Å². The van der Waals surface area contributed by atoms with E-state index in [1.807, 2.05) is 0 Å². The molecular weight excluding hydrogens is 425 g/mol. The standard InChI is InChI=1S/C18H15Cl2N3O4S/c19-13-3-5-14(6-4-13)22-18(24)12-23(11-15-2-1-9-27-15)28(25,26)16-7-8-17(20)21-10-16/h1-10H,11-12H2,(H,22,24). The fourth-order valence-corrected chi connectivity index (χ4v) is 3.91. The molecule has 3 rings (SSSR count). The van der Waals surface area contributed by atoms with Crippen molar-refractivity contribution in [2.45, 2.75) is 11.4 Å². The molecule has 1 amide bonds. The van der Waals surface area contributed by atoms with Gasteiger partial charge in [0.25, 0.3) is 0 Å². The number of hydrogen-bond donors (Lipinski definition) is 1. The summed E-state index contributed by atoms with van der Waals surface area (Å²) in [5.74, 6) is -0.121. The fraction of sp³-hybridized carbons (Fsp3) is 0.111. The summed E-state index contributed by atoms with van der Waals surface area (Å²) >= 11 is 11.6. The quantitative estimate of drug-likeness (QED) is 0.564. The van der Waals surface area contributed by atoms with Gasteiger partial charge in [-0.3, -0.25) is 4.79 Å². The molecule has 28 heavy (non-hydrogen) atoms. The maximum atomic E-state index is 13.0. The molecule has 1 N–H and O–H groups in total. The molecule has 2 aromatic heterocycles. The van der Waals surface area contributed by atoms with Gasteiger partial charge in [0, 0.05) is 16.9 Å². The highest BCUT2D eigenvalue weighted by Crippen LogP contribution is 2.20. The maximum absolute atomic E-state index is 13.0. The molecule has 0 bridgehead atoms. The van der Waals surface area contributed by atoms with Gasteiger partial charge in [-0.05, 0) is 48.5 Å². The summed E-state index contributed by atoms with van der Waals surface area (Å²) in [6, 6.07) is 12.4. The SMILES string of the molecule is O=C(CN(Cc1ccco1)S(=O)(=O)c1ccc(Cl)nc1)Nc1ccc(Cl)cc1. The number of anilines is 1. The molecule has 0 radical (unpaired) electrons. The number of carbonyl (C=O) groups is 1.